The number of alkyl halides is 2. The van der Waals surface area contributed by atoms with Crippen LogP contribution in [-0.4, -0.2) is 22.8 Å². The first-order chi connectivity index (χ1) is 8.56. The lowest BCUT2D eigenvalue weighted by molar-refractivity contribution is -0.0498. The average molecular weight is 255 g/mol. The number of ether oxygens (including phenoxy) is 1. The van der Waals surface area contributed by atoms with Crippen molar-refractivity contribution in [1.29, 1.82) is 0 Å². The number of rotatable bonds is 4. The lowest BCUT2D eigenvalue weighted by Crippen LogP contribution is -2.01. The molecule has 0 amide bonds. The van der Waals surface area contributed by atoms with Gasteiger partial charge in [0.15, 0.2) is 11.5 Å². The molecule has 1 heterocycles. The van der Waals surface area contributed by atoms with E-state index < -0.39 is 12.6 Å². The van der Waals surface area contributed by atoms with Crippen molar-refractivity contribution < 1.29 is 27.9 Å². The van der Waals surface area contributed by atoms with Crippen LogP contribution in [0.1, 0.15) is 10.5 Å². The van der Waals surface area contributed by atoms with Gasteiger partial charge >= 0.3 is 12.6 Å². The molecule has 0 saturated carbocycles. The van der Waals surface area contributed by atoms with Crippen LogP contribution in [0.2, 0.25) is 0 Å². The van der Waals surface area contributed by atoms with Gasteiger partial charge in [0.1, 0.15) is 5.75 Å². The molecule has 1 aromatic heterocycles. The minimum atomic E-state index is -2.93. The molecule has 0 atom stereocenters. The molecule has 0 aliphatic rings. The van der Waals surface area contributed by atoms with Crippen LogP contribution in [0.3, 0.4) is 0 Å². The zero-order valence-corrected chi connectivity index (χ0v) is 8.84. The third-order valence-electron chi connectivity index (χ3n) is 2.07. The van der Waals surface area contributed by atoms with Gasteiger partial charge in [-0.15, -0.1) is 0 Å². The first kappa shape index (κ1) is 12.0. The van der Waals surface area contributed by atoms with E-state index >= 15 is 0 Å². The molecule has 1 aromatic carbocycles. The van der Waals surface area contributed by atoms with Crippen molar-refractivity contribution in [1.82, 2.24) is 5.16 Å². The molecule has 0 bridgehead atoms. The number of benzene rings is 1. The van der Waals surface area contributed by atoms with E-state index in [1.54, 1.807) is 6.07 Å². The van der Waals surface area contributed by atoms with Crippen LogP contribution in [0.15, 0.2) is 34.9 Å². The summed E-state index contributed by atoms with van der Waals surface area (Å²) in [6.45, 7) is -2.93. The average Bonchev–Trinajstić information content (AvgIpc) is 2.77. The Kier molecular flexibility index (Phi) is 3.22. The maximum atomic E-state index is 12.0. The van der Waals surface area contributed by atoms with Gasteiger partial charge in [0, 0.05) is 11.6 Å². The number of halogens is 2. The molecule has 0 aliphatic carbocycles. The molecule has 0 fully saturated rings. The fraction of sp³-hybridized carbons (Fsp3) is 0.0909. The third kappa shape index (κ3) is 2.62. The number of aromatic nitrogens is 1. The maximum Gasteiger partial charge on any atom is 0.387 e. The first-order valence-corrected chi connectivity index (χ1v) is 4.81. The summed E-state index contributed by atoms with van der Waals surface area (Å²) < 4.78 is 33.1. The minimum Gasteiger partial charge on any atom is -0.476 e. The van der Waals surface area contributed by atoms with Gasteiger partial charge in [0.2, 0.25) is 0 Å². The van der Waals surface area contributed by atoms with E-state index in [2.05, 4.69) is 9.89 Å². The Morgan fingerprint density at radius 3 is 2.78 bits per heavy atom. The first-order valence-electron chi connectivity index (χ1n) is 4.81. The number of carboxylic acids is 1. The summed E-state index contributed by atoms with van der Waals surface area (Å²) in [7, 11) is 0. The Morgan fingerprint density at radius 1 is 1.39 bits per heavy atom. The van der Waals surface area contributed by atoms with E-state index in [0.29, 0.717) is 5.56 Å². The number of carboxylic acid groups (broad SMARTS) is 1. The maximum absolute atomic E-state index is 12.0. The van der Waals surface area contributed by atoms with Gasteiger partial charge in [-0.3, -0.25) is 0 Å². The monoisotopic (exact) mass is 255 g/mol. The smallest absolute Gasteiger partial charge is 0.387 e. The van der Waals surface area contributed by atoms with E-state index in [1.807, 2.05) is 0 Å². The second-order valence-corrected chi connectivity index (χ2v) is 3.29. The van der Waals surface area contributed by atoms with Crippen molar-refractivity contribution in [2.24, 2.45) is 0 Å². The molecule has 94 valence electrons. The van der Waals surface area contributed by atoms with Gasteiger partial charge in [-0.1, -0.05) is 17.3 Å². The summed E-state index contributed by atoms with van der Waals surface area (Å²) in [6, 6.07) is 6.90. The number of hydrogen-bond acceptors (Lipinski definition) is 4. The van der Waals surface area contributed by atoms with Crippen LogP contribution < -0.4 is 4.74 Å². The number of carbonyl (C=O) groups is 1. The van der Waals surface area contributed by atoms with Gasteiger partial charge in [0.05, 0.1) is 0 Å². The second-order valence-electron chi connectivity index (χ2n) is 3.29. The van der Waals surface area contributed by atoms with E-state index in [4.69, 9.17) is 9.63 Å². The minimum absolute atomic E-state index is 0.0456. The van der Waals surface area contributed by atoms with Crippen molar-refractivity contribution in [3.63, 3.8) is 0 Å². The molecule has 2 aromatic rings. The largest absolute Gasteiger partial charge is 0.476 e. The Labute approximate surface area is 99.6 Å². The SMILES string of the molecule is O=C(O)c1cc(-c2cccc(OC(F)F)c2)on1. The third-order valence-corrected chi connectivity index (χ3v) is 2.07. The quantitative estimate of drug-likeness (QED) is 0.909. The van der Waals surface area contributed by atoms with Crippen LogP contribution in [0.5, 0.6) is 5.75 Å². The molecule has 18 heavy (non-hydrogen) atoms. The predicted octanol–water partition coefficient (Wildman–Crippen LogP) is 2.64. The number of nitrogens with zero attached hydrogens (tertiary/aromatic N) is 1. The summed E-state index contributed by atoms with van der Waals surface area (Å²) >= 11 is 0. The van der Waals surface area contributed by atoms with E-state index in [1.165, 1.54) is 24.3 Å². The Balaban J connectivity index is 2.29. The van der Waals surface area contributed by atoms with Crippen LogP contribution in [-0.2, 0) is 0 Å². The van der Waals surface area contributed by atoms with Gasteiger partial charge in [0.25, 0.3) is 0 Å². The molecular weight excluding hydrogens is 248 g/mol. The van der Waals surface area contributed by atoms with Crippen molar-refractivity contribution in [3.05, 3.63) is 36.0 Å². The highest BCUT2D eigenvalue weighted by Gasteiger charge is 2.13. The van der Waals surface area contributed by atoms with Gasteiger partial charge in [-0.25, -0.2) is 4.79 Å². The van der Waals surface area contributed by atoms with Crippen LogP contribution in [0, 0.1) is 0 Å². The highest BCUT2D eigenvalue weighted by atomic mass is 19.3. The number of hydrogen-bond donors (Lipinski definition) is 1. The zero-order valence-electron chi connectivity index (χ0n) is 8.84. The zero-order chi connectivity index (χ0) is 13.1. The molecule has 0 radical (unpaired) electrons. The second kappa shape index (κ2) is 4.82. The van der Waals surface area contributed by atoms with Crippen molar-refractivity contribution in [2.75, 3.05) is 0 Å². The predicted molar refractivity (Wildman–Crippen MR) is 55.5 cm³/mol. The Morgan fingerprint density at radius 2 is 2.17 bits per heavy atom. The molecule has 0 aliphatic heterocycles. The molecule has 5 nitrogen and oxygen atoms in total. The molecule has 0 unspecified atom stereocenters. The fourth-order valence-corrected chi connectivity index (χ4v) is 1.34. The fourth-order valence-electron chi connectivity index (χ4n) is 1.34. The Bertz CT molecular complexity index is 568. The molecule has 2 rings (SSSR count). The van der Waals surface area contributed by atoms with E-state index in [0.717, 1.165) is 0 Å². The highest BCUT2D eigenvalue weighted by Crippen LogP contribution is 2.25. The highest BCUT2D eigenvalue weighted by molar-refractivity contribution is 5.86. The summed E-state index contributed by atoms with van der Waals surface area (Å²) in [6.07, 6.45) is 0. The lowest BCUT2D eigenvalue weighted by Gasteiger charge is -2.04. The van der Waals surface area contributed by atoms with Crippen LogP contribution in [0.25, 0.3) is 11.3 Å². The summed E-state index contributed by atoms with van der Waals surface area (Å²) in [5, 5.41) is 12.0. The molecule has 0 saturated heterocycles. The molecule has 7 heteroatoms. The lowest BCUT2D eigenvalue weighted by atomic mass is 10.1. The molecule has 0 spiro atoms. The van der Waals surface area contributed by atoms with Gasteiger partial charge in [-0.05, 0) is 12.1 Å². The van der Waals surface area contributed by atoms with Gasteiger partial charge in [-0.2, -0.15) is 8.78 Å². The van der Waals surface area contributed by atoms with Gasteiger partial charge < -0.3 is 14.4 Å². The van der Waals surface area contributed by atoms with Crippen molar-refractivity contribution in [3.8, 4) is 17.1 Å². The van der Waals surface area contributed by atoms with E-state index in [-0.39, 0.29) is 17.2 Å². The summed E-state index contributed by atoms with van der Waals surface area (Å²) in [5.74, 6) is -1.12. The number of aromatic carboxylic acids is 1. The molecular formula is C11H7F2NO4. The standard InChI is InChI=1S/C11H7F2NO4/c12-11(13)17-7-3-1-2-6(4-7)9-5-8(10(15)16)14-18-9/h1-5,11H,(H,15,16). The van der Waals surface area contributed by atoms with Crippen LogP contribution >= 0.6 is 0 Å². The Hall–Kier alpha value is -2.44. The van der Waals surface area contributed by atoms with Crippen molar-refractivity contribution in [2.45, 2.75) is 6.61 Å². The summed E-state index contributed by atoms with van der Waals surface area (Å²) in [4.78, 5) is 10.6. The van der Waals surface area contributed by atoms with Crippen LogP contribution in [0.4, 0.5) is 8.78 Å². The molecule has 1 N–H and O–H groups in total. The topological polar surface area (TPSA) is 72.6 Å². The summed E-state index contributed by atoms with van der Waals surface area (Å²) in [5.41, 5.74) is 0.137. The van der Waals surface area contributed by atoms with E-state index in [9.17, 15) is 13.6 Å². The normalized spacial score (nSPS) is 10.6. The van der Waals surface area contributed by atoms with Crippen molar-refractivity contribution >= 4 is 5.97 Å².